The summed E-state index contributed by atoms with van der Waals surface area (Å²) in [6.07, 6.45) is -5.93. The molecule has 1 atom stereocenters. The first kappa shape index (κ1) is 18.9. The Bertz CT molecular complexity index is 851. The standard InChI is InChI=1S/C19H17F3N2O3/c1-13-7-9-14(10-8-13)16-11-18(26,19(20,21)22)24(23-16)17(25)12-27-15-5-3-2-4-6-15/h2-10,26H,11-12H2,1H3. The molecule has 142 valence electrons. The number of hydrazone groups is 1. The molecule has 1 heterocycles. The predicted octanol–water partition coefficient (Wildman–Crippen LogP) is 3.26. The molecular weight excluding hydrogens is 361 g/mol. The van der Waals surface area contributed by atoms with Gasteiger partial charge < -0.3 is 9.84 Å². The molecule has 0 saturated carbocycles. The highest BCUT2D eigenvalue weighted by Gasteiger charge is 2.63. The van der Waals surface area contributed by atoms with Crippen LogP contribution in [0.1, 0.15) is 17.5 Å². The fourth-order valence-corrected chi connectivity index (χ4v) is 2.66. The van der Waals surface area contributed by atoms with Crippen molar-refractivity contribution in [2.24, 2.45) is 5.10 Å². The highest BCUT2D eigenvalue weighted by Crippen LogP contribution is 2.41. The molecule has 0 aromatic heterocycles. The lowest BCUT2D eigenvalue weighted by Crippen LogP contribution is -2.57. The molecule has 0 bridgehead atoms. The summed E-state index contributed by atoms with van der Waals surface area (Å²) < 4.78 is 45.7. The van der Waals surface area contributed by atoms with Gasteiger partial charge in [-0.1, -0.05) is 48.0 Å². The van der Waals surface area contributed by atoms with E-state index < -0.39 is 30.8 Å². The van der Waals surface area contributed by atoms with Gasteiger partial charge in [-0.25, -0.2) is 0 Å². The predicted molar refractivity (Wildman–Crippen MR) is 92.1 cm³/mol. The molecule has 1 unspecified atom stereocenters. The number of aryl methyl sites for hydroxylation is 1. The van der Waals surface area contributed by atoms with E-state index in [1.165, 1.54) is 0 Å². The monoisotopic (exact) mass is 378 g/mol. The Morgan fingerprint density at radius 1 is 1.19 bits per heavy atom. The molecule has 1 aliphatic heterocycles. The summed E-state index contributed by atoms with van der Waals surface area (Å²) in [6, 6.07) is 14.8. The number of alkyl halides is 3. The zero-order chi connectivity index (χ0) is 19.7. The van der Waals surface area contributed by atoms with E-state index in [9.17, 15) is 23.1 Å². The van der Waals surface area contributed by atoms with Gasteiger partial charge in [0.25, 0.3) is 11.6 Å². The van der Waals surface area contributed by atoms with Crippen LogP contribution in [-0.2, 0) is 4.79 Å². The van der Waals surface area contributed by atoms with Crippen LogP contribution in [0.4, 0.5) is 13.2 Å². The molecule has 3 rings (SSSR count). The van der Waals surface area contributed by atoms with Gasteiger partial charge in [-0.15, -0.1) is 0 Å². The molecule has 2 aromatic carbocycles. The Morgan fingerprint density at radius 3 is 2.41 bits per heavy atom. The Labute approximate surface area is 153 Å². The number of hydrogen-bond acceptors (Lipinski definition) is 4. The number of carbonyl (C=O) groups is 1. The number of hydrogen-bond donors (Lipinski definition) is 1. The van der Waals surface area contributed by atoms with Crippen molar-refractivity contribution in [3.63, 3.8) is 0 Å². The number of carbonyl (C=O) groups excluding carboxylic acids is 1. The van der Waals surface area contributed by atoms with Crippen LogP contribution in [0.25, 0.3) is 0 Å². The van der Waals surface area contributed by atoms with Crippen molar-refractivity contribution in [3.05, 3.63) is 65.7 Å². The van der Waals surface area contributed by atoms with Crippen LogP contribution in [0.5, 0.6) is 5.75 Å². The minimum atomic E-state index is -5.08. The lowest BCUT2D eigenvalue weighted by Gasteiger charge is -2.32. The highest BCUT2D eigenvalue weighted by molar-refractivity contribution is 6.03. The van der Waals surface area contributed by atoms with Crippen molar-refractivity contribution in [1.82, 2.24) is 5.01 Å². The molecule has 0 fully saturated rings. The molecular formula is C19H17F3N2O3. The first-order valence-electron chi connectivity index (χ1n) is 8.15. The maximum atomic E-state index is 13.5. The lowest BCUT2D eigenvalue weighted by atomic mass is 10.00. The Balaban J connectivity index is 1.85. The van der Waals surface area contributed by atoms with Gasteiger partial charge in [-0.3, -0.25) is 4.79 Å². The largest absolute Gasteiger partial charge is 0.484 e. The third kappa shape index (κ3) is 3.80. The van der Waals surface area contributed by atoms with Gasteiger partial charge in [0.15, 0.2) is 6.61 Å². The summed E-state index contributed by atoms with van der Waals surface area (Å²) in [4.78, 5) is 12.3. The van der Waals surface area contributed by atoms with E-state index in [4.69, 9.17) is 4.74 Å². The number of ether oxygens (including phenoxy) is 1. The van der Waals surface area contributed by atoms with Crippen molar-refractivity contribution in [2.75, 3.05) is 6.61 Å². The van der Waals surface area contributed by atoms with Crippen LogP contribution in [0, 0.1) is 6.92 Å². The van der Waals surface area contributed by atoms with Crippen molar-refractivity contribution in [1.29, 1.82) is 0 Å². The Morgan fingerprint density at radius 2 is 1.81 bits per heavy atom. The second kappa shape index (κ2) is 7.03. The van der Waals surface area contributed by atoms with Gasteiger partial charge in [-0.2, -0.15) is 23.3 Å². The minimum absolute atomic E-state index is 0.0251. The number of amides is 1. The third-order valence-corrected chi connectivity index (χ3v) is 4.17. The van der Waals surface area contributed by atoms with E-state index in [0.29, 0.717) is 11.3 Å². The number of halogens is 3. The van der Waals surface area contributed by atoms with E-state index in [-0.39, 0.29) is 10.7 Å². The zero-order valence-corrected chi connectivity index (χ0v) is 14.4. The number of benzene rings is 2. The molecule has 0 aliphatic carbocycles. The van der Waals surface area contributed by atoms with Gasteiger partial charge in [0, 0.05) is 0 Å². The van der Waals surface area contributed by atoms with Crippen molar-refractivity contribution in [3.8, 4) is 5.75 Å². The Hall–Kier alpha value is -2.87. The molecule has 27 heavy (non-hydrogen) atoms. The second-order valence-corrected chi connectivity index (χ2v) is 6.21. The van der Waals surface area contributed by atoms with Crippen LogP contribution >= 0.6 is 0 Å². The summed E-state index contributed by atoms with van der Waals surface area (Å²) in [5, 5.41) is 14.1. The summed E-state index contributed by atoms with van der Waals surface area (Å²) in [6.45, 7) is 1.15. The summed E-state index contributed by atoms with van der Waals surface area (Å²) in [5.41, 5.74) is -2.11. The SMILES string of the molecule is Cc1ccc(C2=NN(C(=O)COc3ccccc3)C(O)(C(F)(F)F)C2)cc1. The van der Waals surface area contributed by atoms with Crippen LogP contribution in [-0.4, -0.2) is 40.2 Å². The van der Waals surface area contributed by atoms with Gasteiger partial charge in [0.1, 0.15) is 5.75 Å². The number of aliphatic hydroxyl groups is 1. The molecule has 5 nitrogen and oxygen atoms in total. The van der Waals surface area contributed by atoms with E-state index in [2.05, 4.69) is 5.10 Å². The maximum Gasteiger partial charge on any atom is 0.438 e. The van der Waals surface area contributed by atoms with E-state index in [1.807, 2.05) is 6.92 Å². The minimum Gasteiger partial charge on any atom is -0.484 e. The zero-order valence-electron chi connectivity index (χ0n) is 14.4. The van der Waals surface area contributed by atoms with E-state index >= 15 is 0 Å². The average molecular weight is 378 g/mol. The molecule has 0 spiro atoms. The Kier molecular flexibility index (Phi) is 4.93. The van der Waals surface area contributed by atoms with Gasteiger partial charge in [-0.05, 0) is 24.6 Å². The lowest BCUT2D eigenvalue weighted by molar-refractivity contribution is -0.302. The molecule has 1 amide bonds. The van der Waals surface area contributed by atoms with Crippen molar-refractivity contribution in [2.45, 2.75) is 25.2 Å². The van der Waals surface area contributed by atoms with E-state index in [0.717, 1.165) is 5.56 Å². The second-order valence-electron chi connectivity index (χ2n) is 6.21. The molecule has 0 saturated heterocycles. The van der Waals surface area contributed by atoms with Crippen molar-refractivity contribution >= 4 is 11.6 Å². The van der Waals surface area contributed by atoms with Crippen LogP contribution in [0.2, 0.25) is 0 Å². The van der Waals surface area contributed by atoms with E-state index in [1.54, 1.807) is 54.6 Å². The average Bonchev–Trinajstić information content (AvgIpc) is 3.00. The summed E-state index contributed by atoms with van der Waals surface area (Å²) in [5.74, 6) is -0.774. The third-order valence-electron chi connectivity index (χ3n) is 4.17. The smallest absolute Gasteiger partial charge is 0.438 e. The normalized spacial score (nSPS) is 19.7. The maximum absolute atomic E-state index is 13.5. The quantitative estimate of drug-likeness (QED) is 0.888. The molecule has 2 aromatic rings. The summed E-state index contributed by atoms with van der Waals surface area (Å²) >= 11 is 0. The van der Waals surface area contributed by atoms with Gasteiger partial charge in [0.2, 0.25) is 0 Å². The number of para-hydroxylation sites is 1. The van der Waals surface area contributed by atoms with Crippen LogP contribution < -0.4 is 4.74 Å². The molecule has 0 radical (unpaired) electrons. The van der Waals surface area contributed by atoms with Crippen LogP contribution in [0.15, 0.2) is 59.7 Å². The molecule has 1 N–H and O–H groups in total. The molecule has 1 aliphatic rings. The number of rotatable bonds is 4. The van der Waals surface area contributed by atoms with Crippen LogP contribution in [0.3, 0.4) is 0 Å². The highest BCUT2D eigenvalue weighted by atomic mass is 19.4. The molecule has 8 heteroatoms. The topological polar surface area (TPSA) is 62.1 Å². The summed E-state index contributed by atoms with van der Waals surface area (Å²) in [7, 11) is 0. The first-order chi connectivity index (χ1) is 12.7. The fraction of sp³-hybridized carbons (Fsp3) is 0.263. The van der Waals surface area contributed by atoms with Crippen molar-refractivity contribution < 1.29 is 27.8 Å². The first-order valence-corrected chi connectivity index (χ1v) is 8.15. The number of nitrogens with zero attached hydrogens (tertiary/aromatic N) is 2. The fourth-order valence-electron chi connectivity index (χ4n) is 2.66. The van der Waals surface area contributed by atoms with Gasteiger partial charge >= 0.3 is 6.18 Å². The van der Waals surface area contributed by atoms with Gasteiger partial charge in [0.05, 0.1) is 12.1 Å².